The number of carbonyl (C=O) groups is 1. The second-order valence-electron chi connectivity index (χ2n) is 5.13. The van der Waals surface area contributed by atoms with Crippen LogP contribution in [0.2, 0.25) is 0 Å². The molecule has 0 spiro atoms. The van der Waals surface area contributed by atoms with Crippen LogP contribution in [0.1, 0.15) is 34.8 Å². The highest BCUT2D eigenvalue weighted by atomic mass is 16.2. The largest absolute Gasteiger partial charge is 0.384 e. The van der Waals surface area contributed by atoms with Crippen molar-refractivity contribution in [1.29, 1.82) is 0 Å². The molecular formula is C16H19NO2. The molecule has 0 radical (unpaired) electrons. The molecule has 0 aliphatic carbocycles. The van der Waals surface area contributed by atoms with Crippen LogP contribution >= 0.6 is 0 Å². The first-order valence-corrected chi connectivity index (χ1v) is 6.61. The quantitative estimate of drug-likeness (QED) is 0.780. The minimum Gasteiger partial charge on any atom is -0.384 e. The Morgan fingerprint density at radius 2 is 2.32 bits per heavy atom. The third kappa shape index (κ3) is 3.15. The van der Waals surface area contributed by atoms with E-state index in [-0.39, 0.29) is 12.5 Å². The van der Waals surface area contributed by atoms with Gasteiger partial charge < -0.3 is 10.0 Å². The molecule has 3 nitrogen and oxygen atoms in total. The molecule has 1 atom stereocenters. The lowest BCUT2D eigenvalue weighted by Gasteiger charge is -2.16. The number of likely N-dealkylation sites (tertiary alicyclic amines) is 1. The third-order valence-corrected chi connectivity index (χ3v) is 3.50. The summed E-state index contributed by atoms with van der Waals surface area (Å²) < 4.78 is 0. The summed E-state index contributed by atoms with van der Waals surface area (Å²) in [4.78, 5) is 14.3. The van der Waals surface area contributed by atoms with E-state index in [0.717, 1.165) is 30.6 Å². The lowest BCUT2D eigenvalue weighted by molar-refractivity contribution is 0.0788. The van der Waals surface area contributed by atoms with Crippen LogP contribution < -0.4 is 0 Å². The van der Waals surface area contributed by atoms with Gasteiger partial charge >= 0.3 is 0 Å². The van der Waals surface area contributed by atoms with Crippen molar-refractivity contribution in [3.05, 3.63) is 34.9 Å². The van der Waals surface area contributed by atoms with E-state index in [4.69, 9.17) is 5.11 Å². The lowest BCUT2D eigenvalue weighted by Crippen LogP contribution is -2.28. The minimum atomic E-state index is -0.165. The zero-order valence-electron chi connectivity index (χ0n) is 11.4. The minimum absolute atomic E-state index is 0.0800. The standard InChI is InChI=1S/C16H19NO2/c1-12-7-8-17(11-12)16(19)15-6-5-13(2)14(10-15)4-3-9-18/h5-6,10,12,18H,7-9,11H2,1-2H3. The van der Waals surface area contributed by atoms with Crippen molar-refractivity contribution >= 4 is 5.91 Å². The molecule has 1 aliphatic rings. The number of nitrogens with zero attached hydrogens (tertiary/aromatic N) is 1. The summed E-state index contributed by atoms with van der Waals surface area (Å²) in [5.74, 6) is 6.18. The maximum atomic E-state index is 12.4. The molecule has 1 aromatic rings. The molecule has 1 aromatic carbocycles. The second kappa shape index (κ2) is 5.90. The van der Waals surface area contributed by atoms with Crippen molar-refractivity contribution in [1.82, 2.24) is 4.90 Å². The van der Waals surface area contributed by atoms with Crippen LogP contribution in [0.4, 0.5) is 0 Å². The molecule has 1 N–H and O–H groups in total. The molecular weight excluding hydrogens is 238 g/mol. The SMILES string of the molecule is Cc1ccc(C(=O)N2CCC(C)C2)cc1C#CCO. The van der Waals surface area contributed by atoms with Gasteiger partial charge in [0.2, 0.25) is 0 Å². The molecule has 0 aromatic heterocycles. The molecule has 0 saturated carbocycles. The molecule has 100 valence electrons. The van der Waals surface area contributed by atoms with Crippen molar-refractivity contribution < 1.29 is 9.90 Å². The molecule has 1 saturated heterocycles. The molecule has 1 fully saturated rings. The van der Waals surface area contributed by atoms with Gasteiger partial charge in [0.05, 0.1) is 0 Å². The second-order valence-corrected chi connectivity index (χ2v) is 5.13. The van der Waals surface area contributed by atoms with Crippen molar-refractivity contribution in [3.63, 3.8) is 0 Å². The summed E-state index contributed by atoms with van der Waals surface area (Å²) in [6.45, 7) is 5.63. The number of aryl methyl sites for hydroxylation is 1. The summed E-state index contributed by atoms with van der Waals surface area (Å²) in [7, 11) is 0. The van der Waals surface area contributed by atoms with Crippen LogP contribution in [0.3, 0.4) is 0 Å². The fraction of sp³-hybridized carbons (Fsp3) is 0.438. The van der Waals surface area contributed by atoms with Crippen molar-refractivity contribution in [3.8, 4) is 11.8 Å². The van der Waals surface area contributed by atoms with E-state index in [1.54, 1.807) is 0 Å². The predicted octanol–water partition coefficient (Wildman–Crippen LogP) is 1.82. The number of hydrogen-bond acceptors (Lipinski definition) is 2. The number of aliphatic hydroxyl groups excluding tert-OH is 1. The van der Waals surface area contributed by atoms with Crippen LogP contribution in [0, 0.1) is 24.7 Å². The molecule has 1 aliphatic heterocycles. The molecule has 1 unspecified atom stereocenters. The Hall–Kier alpha value is -1.79. The average molecular weight is 257 g/mol. The Labute approximate surface area is 114 Å². The highest BCUT2D eigenvalue weighted by Crippen LogP contribution is 2.19. The highest BCUT2D eigenvalue weighted by molar-refractivity contribution is 5.94. The fourth-order valence-electron chi connectivity index (χ4n) is 2.33. The van der Waals surface area contributed by atoms with Crippen LogP contribution in [0.15, 0.2) is 18.2 Å². The van der Waals surface area contributed by atoms with Gasteiger partial charge in [-0.3, -0.25) is 4.79 Å². The summed E-state index contributed by atoms with van der Waals surface area (Å²) in [5.41, 5.74) is 2.52. The van der Waals surface area contributed by atoms with Gasteiger partial charge in [-0.15, -0.1) is 0 Å². The van der Waals surface area contributed by atoms with Crippen LogP contribution in [-0.2, 0) is 0 Å². The molecule has 19 heavy (non-hydrogen) atoms. The van der Waals surface area contributed by atoms with E-state index in [0.29, 0.717) is 11.5 Å². The normalized spacial score (nSPS) is 18.1. The summed E-state index contributed by atoms with van der Waals surface area (Å²) >= 11 is 0. The fourth-order valence-corrected chi connectivity index (χ4v) is 2.33. The molecule has 0 bridgehead atoms. The lowest BCUT2D eigenvalue weighted by atomic mass is 10.0. The van der Waals surface area contributed by atoms with Gasteiger partial charge in [-0.1, -0.05) is 24.8 Å². The maximum Gasteiger partial charge on any atom is 0.253 e. The van der Waals surface area contributed by atoms with Gasteiger partial charge in [-0.2, -0.15) is 0 Å². The predicted molar refractivity (Wildman–Crippen MR) is 74.8 cm³/mol. The molecule has 3 heteroatoms. The first-order chi connectivity index (χ1) is 9.11. The van der Waals surface area contributed by atoms with Gasteiger partial charge in [0, 0.05) is 24.2 Å². The van der Waals surface area contributed by atoms with Gasteiger partial charge in [0.15, 0.2) is 0 Å². The maximum absolute atomic E-state index is 12.4. The van der Waals surface area contributed by atoms with E-state index >= 15 is 0 Å². The van der Waals surface area contributed by atoms with Gasteiger partial charge in [0.1, 0.15) is 6.61 Å². The summed E-state index contributed by atoms with van der Waals surface area (Å²) in [6, 6.07) is 5.59. The Bertz CT molecular complexity index is 539. The Morgan fingerprint density at radius 1 is 1.53 bits per heavy atom. The summed E-state index contributed by atoms with van der Waals surface area (Å²) in [6.07, 6.45) is 1.08. The topological polar surface area (TPSA) is 40.5 Å². The Morgan fingerprint density at radius 3 is 2.95 bits per heavy atom. The zero-order valence-corrected chi connectivity index (χ0v) is 11.4. The highest BCUT2D eigenvalue weighted by Gasteiger charge is 2.24. The van der Waals surface area contributed by atoms with E-state index in [1.807, 2.05) is 30.0 Å². The first kappa shape index (κ1) is 13.6. The van der Waals surface area contributed by atoms with Gasteiger partial charge in [-0.05, 0) is 37.0 Å². The number of carbonyl (C=O) groups excluding carboxylic acids is 1. The zero-order chi connectivity index (χ0) is 13.8. The smallest absolute Gasteiger partial charge is 0.253 e. The van der Waals surface area contributed by atoms with E-state index in [2.05, 4.69) is 18.8 Å². The Kier molecular flexibility index (Phi) is 4.24. The molecule has 2 rings (SSSR count). The first-order valence-electron chi connectivity index (χ1n) is 6.61. The van der Waals surface area contributed by atoms with Crippen LogP contribution in [0.25, 0.3) is 0 Å². The van der Waals surface area contributed by atoms with Crippen molar-refractivity contribution in [2.75, 3.05) is 19.7 Å². The average Bonchev–Trinajstić information content (AvgIpc) is 2.83. The van der Waals surface area contributed by atoms with Crippen molar-refractivity contribution in [2.45, 2.75) is 20.3 Å². The monoisotopic (exact) mass is 257 g/mol. The van der Waals surface area contributed by atoms with Crippen molar-refractivity contribution in [2.24, 2.45) is 5.92 Å². The number of rotatable bonds is 1. The summed E-state index contributed by atoms with van der Waals surface area (Å²) in [5, 5.41) is 8.75. The van der Waals surface area contributed by atoms with Crippen LogP contribution in [-0.4, -0.2) is 35.6 Å². The molecule has 1 amide bonds. The van der Waals surface area contributed by atoms with Gasteiger partial charge in [-0.25, -0.2) is 0 Å². The number of benzene rings is 1. The number of aliphatic hydroxyl groups is 1. The Balaban J connectivity index is 2.23. The molecule has 1 heterocycles. The van der Waals surface area contributed by atoms with E-state index in [9.17, 15) is 4.79 Å². The van der Waals surface area contributed by atoms with Gasteiger partial charge in [0.25, 0.3) is 5.91 Å². The number of hydrogen-bond donors (Lipinski definition) is 1. The van der Waals surface area contributed by atoms with E-state index in [1.165, 1.54) is 0 Å². The number of amides is 1. The van der Waals surface area contributed by atoms with Crippen LogP contribution in [0.5, 0.6) is 0 Å². The van der Waals surface area contributed by atoms with E-state index < -0.39 is 0 Å². The third-order valence-electron chi connectivity index (χ3n) is 3.50.